The van der Waals surface area contributed by atoms with Crippen molar-refractivity contribution in [3.05, 3.63) is 78.0 Å². The molecule has 1 amide bonds. The number of aryl methyl sites for hydroxylation is 1. The van der Waals surface area contributed by atoms with Crippen LogP contribution in [-0.2, 0) is 4.74 Å². The summed E-state index contributed by atoms with van der Waals surface area (Å²) in [5, 5.41) is 6.26. The lowest BCUT2D eigenvalue weighted by molar-refractivity contribution is 0.102. The molecule has 2 heterocycles. The van der Waals surface area contributed by atoms with Gasteiger partial charge in [-0.2, -0.15) is 0 Å². The number of aromatic nitrogens is 1. The number of nitrogens with zero attached hydrogens (tertiary/aromatic N) is 2. The molecule has 0 bridgehead atoms. The van der Waals surface area contributed by atoms with Crippen LogP contribution in [0.25, 0.3) is 0 Å². The molecule has 1 saturated heterocycles. The van der Waals surface area contributed by atoms with Crippen molar-refractivity contribution in [2.45, 2.75) is 6.92 Å². The summed E-state index contributed by atoms with van der Waals surface area (Å²) >= 11 is 0. The summed E-state index contributed by atoms with van der Waals surface area (Å²) in [6.07, 6.45) is 1.72. The molecule has 0 spiro atoms. The van der Waals surface area contributed by atoms with Crippen LogP contribution in [-0.4, -0.2) is 37.2 Å². The third-order valence-electron chi connectivity index (χ3n) is 4.85. The second kappa shape index (κ2) is 8.75. The van der Waals surface area contributed by atoms with Crippen LogP contribution in [0.3, 0.4) is 0 Å². The van der Waals surface area contributed by atoms with Gasteiger partial charge >= 0.3 is 0 Å². The van der Waals surface area contributed by atoms with Gasteiger partial charge in [-0.1, -0.05) is 29.8 Å². The van der Waals surface area contributed by atoms with Crippen molar-refractivity contribution in [3.8, 4) is 0 Å². The fourth-order valence-electron chi connectivity index (χ4n) is 3.25. The molecule has 1 aliphatic rings. The van der Waals surface area contributed by atoms with E-state index in [0.29, 0.717) is 11.4 Å². The van der Waals surface area contributed by atoms with Gasteiger partial charge in [0.25, 0.3) is 5.91 Å². The Morgan fingerprint density at radius 1 is 1.00 bits per heavy atom. The van der Waals surface area contributed by atoms with Crippen LogP contribution in [0, 0.1) is 6.92 Å². The molecule has 29 heavy (non-hydrogen) atoms. The molecule has 1 fully saturated rings. The molecule has 2 N–H and O–H groups in total. The largest absolute Gasteiger partial charge is 0.378 e. The highest BCUT2D eigenvalue weighted by Crippen LogP contribution is 2.29. The number of nitrogens with one attached hydrogen (secondary N) is 2. The van der Waals surface area contributed by atoms with E-state index in [1.807, 2.05) is 49.4 Å². The summed E-state index contributed by atoms with van der Waals surface area (Å²) in [7, 11) is 0. The van der Waals surface area contributed by atoms with Gasteiger partial charge in [-0.15, -0.1) is 0 Å². The van der Waals surface area contributed by atoms with Gasteiger partial charge in [0, 0.05) is 18.7 Å². The normalized spacial score (nSPS) is 13.8. The van der Waals surface area contributed by atoms with Crippen molar-refractivity contribution in [2.75, 3.05) is 41.8 Å². The molecule has 0 radical (unpaired) electrons. The zero-order valence-corrected chi connectivity index (χ0v) is 16.4. The predicted molar refractivity (Wildman–Crippen MR) is 116 cm³/mol. The Balaban J connectivity index is 1.43. The molecule has 2 aromatic carbocycles. The molecule has 0 unspecified atom stereocenters. The second-order valence-electron chi connectivity index (χ2n) is 6.99. The summed E-state index contributed by atoms with van der Waals surface area (Å²) in [4.78, 5) is 19.0. The first-order chi connectivity index (χ1) is 14.2. The summed E-state index contributed by atoms with van der Waals surface area (Å²) in [6, 6.07) is 19.4. The standard InChI is InChI=1S/C23H24N4O2/c1-17-6-8-18(9-7-17)23(28)26-22-11-10-19(16-24-22)25-20-4-2-3-5-21(20)27-12-14-29-15-13-27/h2-11,16,25H,12-15H2,1H3,(H,24,26,28). The van der Waals surface area contributed by atoms with E-state index in [-0.39, 0.29) is 5.91 Å². The SMILES string of the molecule is Cc1ccc(C(=O)Nc2ccc(Nc3ccccc3N3CCOCC3)cn2)cc1. The lowest BCUT2D eigenvalue weighted by Gasteiger charge is -2.30. The van der Waals surface area contributed by atoms with Crippen molar-refractivity contribution < 1.29 is 9.53 Å². The molecule has 6 nitrogen and oxygen atoms in total. The van der Waals surface area contributed by atoms with Gasteiger partial charge in [-0.3, -0.25) is 4.79 Å². The van der Waals surface area contributed by atoms with Crippen LogP contribution in [0.5, 0.6) is 0 Å². The number of amides is 1. The zero-order chi connectivity index (χ0) is 20.1. The minimum Gasteiger partial charge on any atom is -0.378 e. The summed E-state index contributed by atoms with van der Waals surface area (Å²) in [5.41, 5.74) is 4.76. The molecule has 0 atom stereocenters. The molecule has 6 heteroatoms. The number of benzene rings is 2. The van der Waals surface area contributed by atoms with Gasteiger partial charge in [-0.05, 0) is 43.3 Å². The molecule has 1 aliphatic heterocycles. The lowest BCUT2D eigenvalue weighted by Crippen LogP contribution is -2.36. The number of anilines is 4. The minimum absolute atomic E-state index is 0.170. The molecule has 1 aromatic heterocycles. The number of para-hydroxylation sites is 2. The number of pyridine rings is 1. The second-order valence-corrected chi connectivity index (χ2v) is 6.99. The number of carbonyl (C=O) groups is 1. The maximum atomic E-state index is 12.3. The number of hydrogen-bond acceptors (Lipinski definition) is 5. The van der Waals surface area contributed by atoms with Gasteiger partial charge in [0.15, 0.2) is 0 Å². The maximum absolute atomic E-state index is 12.3. The van der Waals surface area contributed by atoms with E-state index in [9.17, 15) is 4.79 Å². The number of hydrogen-bond donors (Lipinski definition) is 2. The lowest BCUT2D eigenvalue weighted by atomic mass is 10.1. The minimum atomic E-state index is -0.170. The summed E-state index contributed by atoms with van der Waals surface area (Å²) < 4.78 is 5.46. The van der Waals surface area contributed by atoms with Crippen molar-refractivity contribution in [1.82, 2.24) is 4.98 Å². The molecule has 4 rings (SSSR count). The number of rotatable bonds is 5. The fraction of sp³-hybridized carbons (Fsp3) is 0.217. The van der Waals surface area contributed by atoms with Gasteiger partial charge in [-0.25, -0.2) is 4.98 Å². The Hall–Kier alpha value is -3.38. The third kappa shape index (κ3) is 4.73. The molecule has 148 valence electrons. The van der Waals surface area contributed by atoms with E-state index in [4.69, 9.17) is 4.74 Å². The Morgan fingerprint density at radius 3 is 2.48 bits per heavy atom. The van der Waals surface area contributed by atoms with E-state index in [1.54, 1.807) is 12.3 Å². The molecular formula is C23H24N4O2. The Bertz CT molecular complexity index is 965. The topological polar surface area (TPSA) is 66.5 Å². The highest BCUT2D eigenvalue weighted by molar-refractivity contribution is 6.03. The van der Waals surface area contributed by atoms with Crippen LogP contribution in [0.15, 0.2) is 66.9 Å². The summed E-state index contributed by atoms with van der Waals surface area (Å²) in [6.45, 7) is 5.23. The van der Waals surface area contributed by atoms with E-state index in [2.05, 4.69) is 32.7 Å². The van der Waals surface area contributed by atoms with Crippen LogP contribution < -0.4 is 15.5 Å². The maximum Gasteiger partial charge on any atom is 0.256 e. The van der Waals surface area contributed by atoms with Gasteiger partial charge < -0.3 is 20.3 Å². The Kier molecular flexibility index (Phi) is 5.72. The van der Waals surface area contributed by atoms with Crippen molar-refractivity contribution in [3.63, 3.8) is 0 Å². The average Bonchev–Trinajstić information content (AvgIpc) is 2.76. The van der Waals surface area contributed by atoms with E-state index < -0.39 is 0 Å². The monoisotopic (exact) mass is 388 g/mol. The van der Waals surface area contributed by atoms with Gasteiger partial charge in [0.1, 0.15) is 5.82 Å². The Labute approximate surface area is 170 Å². The van der Waals surface area contributed by atoms with Crippen molar-refractivity contribution >= 4 is 28.8 Å². The highest BCUT2D eigenvalue weighted by atomic mass is 16.5. The molecule has 3 aromatic rings. The van der Waals surface area contributed by atoms with Crippen LogP contribution in [0.4, 0.5) is 22.9 Å². The van der Waals surface area contributed by atoms with Crippen LogP contribution >= 0.6 is 0 Å². The first-order valence-electron chi connectivity index (χ1n) is 9.72. The van der Waals surface area contributed by atoms with E-state index in [1.165, 1.54) is 0 Å². The quantitative estimate of drug-likeness (QED) is 0.685. The summed E-state index contributed by atoms with van der Waals surface area (Å²) in [5.74, 6) is 0.346. The first kappa shape index (κ1) is 19.0. The average molecular weight is 388 g/mol. The van der Waals surface area contributed by atoms with E-state index in [0.717, 1.165) is 48.9 Å². The predicted octanol–water partition coefficient (Wildman–Crippen LogP) is 4.22. The van der Waals surface area contributed by atoms with Crippen molar-refractivity contribution in [1.29, 1.82) is 0 Å². The molecule has 0 aliphatic carbocycles. The fourth-order valence-corrected chi connectivity index (χ4v) is 3.25. The van der Waals surface area contributed by atoms with Crippen LogP contribution in [0.1, 0.15) is 15.9 Å². The molecular weight excluding hydrogens is 364 g/mol. The number of ether oxygens (including phenoxy) is 1. The number of carbonyl (C=O) groups excluding carboxylic acids is 1. The molecule has 0 saturated carbocycles. The van der Waals surface area contributed by atoms with Crippen LogP contribution in [0.2, 0.25) is 0 Å². The third-order valence-corrected chi connectivity index (χ3v) is 4.85. The smallest absolute Gasteiger partial charge is 0.256 e. The van der Waals surface area contributed by atoms with Gasteiger partial charge in [0.05, 0.1) is 36.5 Å². The van der Waals surface area contributed by atoms with Gasteiger partial charge in [0.2, 0.25) is 0 Å². The Morgan fingerprint density at radius 2 is 1.76 bits per heavy atom. The van der Waals surface area contributed by atoms with Crippen molar-refractivity contribution in [2.24, 2.45) is 0 Å². The zero-order valence-electron chi connectivity index (χ0n) is 16.4. The first-order valence-corrected chi connectivity index (χ1v) is 9.72. The van der Waals surface area contributed by atoms with E-state index >= 15 is 0 Å². The number of morpholine rings is 1. The highest BCUT2D eigenvalue weighted by Gasteiger charge is 2.14.